The molecule has 0 atom stereocenters. The van der Waals surface area contributed by atoms with E-state index in [9.17, 15) is 0 Å². The highest BCUT2D eigenvalue weighted by Gasteiger charge is 2.04. The van der Waals surface area contributed by atoms with E-state index in [2.05, 4.69) is 65.4 Å². The summed E-state index contributed by atoms with van der Waals surface area (Å²) >= 11 is 0. The number of hydrogen-bond donors (Lipinski definition) is 0. The Morgan fingerprint density at radius 3 is 2.22 bits per heavy atom. The maximum atomic E-state index is 4.51. The van der Waals surface area contributed by atoms with E-state index in [1.165, 1.54) is 27.3 Å². The first-order valence-electron chi connectivity index (χ1n) is 9.02. The number of hydrogen-bond acceptors (Lipinski definition) is 2. The van der Waals surface area contributed by atoms with Gasteiger partial charge in [0.2, 0.25) is 0 Å². The molecule has 0 saturated heterocycles. The SMILES string of the molecule is Cc1ccc2c(-c3ccccc3)nccc2c1.c1ccc2ncccc2c1. The summed E-state index contributed by atoms with van der Waals surface area (Å²) < 4.78 is 0. The minimum absolute atomic E-state index is 1.06. The van der Waals surface area contributed by atoms with Crippen LogP contribution in [0.1, 0.15) is 5.56 Å². The van der Waals surface area contributed by atoms with Gasteiger partial charge in [0.1, 0.15) is 0 Å². The molecule has 130 valence electrons. The van der Waals surface area contributed by atoms with Crippen molar-refractivity contribution in [3.8, 4) is 11.3 Å². The highest BCUT2D eigenvalue weighted by molar-refractivity contribution is 5.94. The topological polar surface area (TPSA) is 25.8 Å². The molecule has 2 heteroatoms. The van der Waals surface area contributed by atoms with Crippen molar-refractivity contribution < 1.29 is 0 Å². The molecule has 27 heavy (non-hydrogen) atoms. The lowest BCUT2D eigenvalue weighted by molar-refractivity contribution is 1.35. The summed E-state index contributed by atoms with van der Waals surface area (Å²) in [5, 5.41) is 3.66. The van der Waals surface area contributed by atoms with E-state index in [4.69, 9.17) is 0 Å². The normalized spacial score (nSPS) is 10.4. The van der Waals surface area contributed by atoms with Crippen LogP contribution in [0.25, 0.3) is 32.9 Å². The number of para-hydroxylation sites is 1. The summed E-state index contributed by atoms with van der Waals surface area (Å²) in [6.45, 7) is 2.11. The number of aromatic nitrogens is 2. The fourth-order valence-corrected chi connectivity index (χ4v) is 3.14. The Bertz CT molecular complexity index is 1120. The van der Waals surface area contributed by atoms with Crippen molar-refractivity contribution in [1.29, 1.82) is 0 Å². The Kier molecular flexibility index (Phi) is 4.88. The Morgan fingerprint density at radius 1 is 0.593 bits per heavy atom. The average molecular weight is 348 g/mol. The van der Waals surface area contributed by atoms with Gasteiger partial charge in [0.25, 0.3) is 0 Å². The maximum absolute atomic E-state index is 4.51. The number of nitrogens with zero attached hydrogens (tertiary/aromatic N) is 2. The third kappa shape index (κ3) is 3.85. The molecule has 3 aromatic carbocycles. The number of benzene rings is 3. The standard InChI is InChI=1S/C16H13N.C9H7N/c1-12-7-8-15-14(11-12)9-10-17-16(15)13-5-3-2-4-6-13;1-2-6-9-8(4-1)5-3-7-10-9/h2-11H,1H3;1-7H. The molecule has 0 N–H and O–H groups in total. The van der Waals surface area contributed by atoms with Crippen LogP contribution in [-0.2, 0) is 0 Å². The lowest BCUT2D eigenvalue weighted by atomic mass is 10.0. The molecule has 5 rings (SSSR count). The summed E-state index contributed by atoms with van der Waals surface area (Å²) in [5.41, 5.74) is 4.57. The molecule has 0 aliphatic carbocycles. The van der Waals surface area contributed by atoms with Crippen LogP contribution in [0.5, 0.6) is 0 Å². The fraction of sp³-hybridized carbons (Fsp3) is 0.0400. The summed E-state index contributed by atoms with van der Waals surface area (Å²) in [5.74, 6) is 0. The largest absolute Gasteiger partial charge is 0.256 e. The third-order valence-corrected chi connectivity index (χ3v) is 4.48. The Hall–Kier alpha value is -3.52. The Balaban J connectivity index is 0.000000153. The molecule has 0 unspecified atom stereocenters. The fourth-order valence-electron chi connectivity index (χ4n) is 3.14. The van der Waals surface area contributed by atoms with Crippen molar-refractivity contribution >= 4 is 21.7 Å². The summed E-state index contributed by atoms with van der Waals surface area (Å²) in [6, 6.07) is 31.0. The lowest BCUT2D eigenvalue weighted by Crippen LogP contribution is -1.86. The maximum Gasteiger partial charge on any atom is 0.0780 e. The molecule has 0 spiro atoms. The summed E-state index contributed by atoms with van der Waals surface area (Å²) in [4.78, 5) is 8.69. The van der Waals surface area contributed by atoms with Crippen molar-refractivity contribution in [2.45, 2.75) is 6.92 Å². The number of pyridine rings is 2. The molecule has 0 radical (unpaired) electrons. The van der Waals surface area contributed by atoms with Crippen LogP contribution in [0.4, 0.5) is 0 Å². The first-order chi connectivity index (χ1) is 13.3. The third-order valence-electron chi connectivity index (χ3n) is 4.48. The van der Waals surface area contributed by atoms with Gasteiger partial charge in [-0.2, -0.15) is 0 Å². The van der Waals surface area contributed by atoms with Gasteiger partial charge in [-0.15, -0.1) is 0 Å². The molecule has 0 bridgehead atoms. The Labute approximate surface area is 159 Å². The minimum Gasteiger partial charge on any atom is -0.256 e. The van der Waals surface area contributed by atoms with Gasteiger partial charge in [-0.25, -0.2) is 0 Å². The predicted octanol–water partition coefficient (Wildman–Crippen LogP) is 6.45. The van der Waals surface area contributed by atoms with Crippen LogP contribution in [0, 0.1) is 6.92 Å². The quantitative estimate of drug-likeness (QED) is 0.348. The highest BCUT2D eigenvalue weighted by Crippen LogP contribution is 2.26. The average Bonchev–Trinajstić information content (AvgIpc) is 2.74. The van der Waals surface area contributed by atoms with Crippen LogP contribution in [0.2, 0.25) is 0 Å². The molecule has 2 nitrogen and oxygen atoms in total. The van der Waals surface area contributed by atoms with Crippen molar-refractivity contribution in [2.24, 2.45) is 0 Å². The van der Waals surface area contributed by atoms with Crippen molar-refractivity contribution in [3.05, 3.63) is 109 Å². The second kappa shape index (κ2) is 7.79. The molecular formula is C25H20N2. The van der Waals surface area contributed by atoms with E-state index < -0.39 is 0 Å². The van der Waals surface area contributed by atoms with E-state index in [0.29, 0.717) is 0 Å². The first kappa shape index (κ1) is 16.9. The molecule has 0 saturated carbocycles. The number of aryl methyl sites for hydroxylation is 1. The monoisotopic (exact) mass is 348 g/mol. The molecule has 0 fully saturated rings. The first-order valence-corrected chi connectivity index (χ1v) is 9.02. The molecule has 2 heterocycles. The van der Waals surface area contributed by atoms with Gasteiger partial charge in [0, 0.05) is 28.7 Å². The lowest BCUT2D eigenvalue weighted by Gasteiger charge is -2.06. The van der Waals surface area contributed by atoms with E-state index in [-0.39, 0.29) is 0 Å². The van der Waals surface area contributed by atoms with E-state index in [0.717, 1.165) is 11.2 Å². The van der Waals surface area contributed by atoms with Crippen LogP contribution < -0.4 is 0 Å². The summed E-state index contributed by atoms with van der Waals surface area (Å²) in [6.07, 6.45) is 3.69. The van der Waals surface area contributed by atoms with Crippen molar-refractivity contribution in [2.75, 3.05) is 0 Å². The minimum atomic E-state index is 1.06. The molecule has 0 aliphatic heterocycles. The van der Waals surface area contributed by atoms with Crippen LogP contribution in [0.3, 0.4) is 0 Å². The van der Waals surface area contributed by atoms with Gasteiger partial charge in [-0.3, -0.25) is 9.97 Å². The zero-order valence-corrected chi connectivity index (χ0v) is 15.2. The van der Waals surface area contributed by atoms with Gasteiger partial charge in [-0.1, -0.05) is 78.4 Å². The van der Waals surface area contributed by atoms with Crippen LogP contribution >= 0.6 is 0 Å². The van der Waals surface area contributed by atoms with Crippen LogP contribution in [0.15, 0.2) is 103 Å². The second-order valence-corrected chi connectivity index (χ2v) is 6.45. The zero-order valence-electron chi connectivity index (χ0n) is 15.2. The highest BCUT2D eigenvalue weighted by atomic mass is 14.7. The van der Waals surface area contributed by atoms with E-state index in [1.807, 2.05) is 54.9 Å². The van der Waals surface area contributed by atoms with E-state index >= 15 is 0 Å². The van der Waals surface area contributed by atoms with Gasteiger partial charge in [0.05, 0.1) is 11.2 Å². The number of rotatable bonds is 1. The second-order valence-electron chi connectivity index (χ2n) is 6.45. The smallest absolute Gasteiger partial charge is 0.0780 e. The molecular weight excluding hydrogens is 328 g/mol. The molecule has 5 aromatic rings. The van der Waals surface area contributed by atoms with Gasteiger partial charge in [0.15, 0.2) is 0 Å². The summed E-state index contributed by atoms with van der Waals surface area (Å²) in [7, 11) is 0. The molecule has 0 aliphatic rings. The zero-order chi connectivity index (χ0) is 18.5. The van der Waals surface area contributed by atoms with Gasteiger partial charge < -0.3 is 0 Å². The van der Waals surface area contributed by atoms with Crippen molar-refractivity contribution in [3.63, 3.8) is 0 Å². The number of fused-ring (bicyclic) bond motifs is 2. The Morgan fingerprint density at radius 2 is 1.37 bits per heavy atom. The van der Waals surface area contributed by atoms with E-state index in [1.54, 1.807) is 0 Å². The predicted molar refractivity (Wildman–Crippen MR) is 114 cm³/mol. The van der Waals surface area contributed by atoms with Crippen molar-refractivity contribution in [1.82, 2.24) is 9.97 Å². The molecule has 2 aromatic heterocycles. The van der Waals surface area contributed by atoms with Crippen LogP contribution in [-0.4, -0.2) is 9.97 Å². The van der Waals surface area contributed by atoms with Gasteiger partial charge in [-0.05, 0) is 30.5 Å². The van der Waals surface area contributed by atoms with Gasteiger partial charge >= 0.3 is 0 Å². The molecule has 0 amide bonds.